The average molecular weight is 234 g/mol. The van der Waals surface area contributed by atoms with Gasteiger partial charge < -0.3 is 24.8 Å². The van der Waals surface area contributed by atoms with Crippen molar-refractivity contribution in [3.8, 4) is 0 Å². The summed E-state index contributed by atoms with van der Waals surface area (Å²) in [6.45, 7) is 1.51. The number of aliphatic hydroxyl groups excluding tert-OH is 3. The van der Waals surface area contributed by atoms with Crippen molar-refractivity contribution in [1.29, 1.82) is 0 Å². The Morgan fingerprint density at radius 2 is 2.06 bits per heavy atom. The van der Waals surface area contributed by atoms with Gasteiger partial charge in [-0.3, -0.25) is 4.79 Å². The fourth-order valence-electron chi connectivity index (χ4n) is 1.47. The minimum atomic E-state index is -1.30. The fourth-order valence-corrected chi connectivity index (χ4v) is 1.47. The Morgan fingerprint density at radius 3 is 2.56 bits per heavy atom. The van der Waals surface area contributed by atoms with Crippen LogP contribution >= 0.6 is 0 Å². The smallest absolute Gasteiger partial charge is 0.308 e. The van der Waals surface area contributed by atoms with E-state index in [0.717, 1.165) is 6.42 Å². The molecule has 6 nitrogen and oxygen atoms in total. The molecule has 1 fully saturated rings. The summed E-state index contributed by atoms with van der Waals surface area (Å²) in [7, 11) is 0. The van der Waals surface area contributed by atoms with Crippen LogP contribution in [-0.2, 0) is 14.3 Å². The minimum absolute atomic E-state index is 0.253. The maximum atomic E-state index is 11.2. The van der Waals surface area contributed by atoms with Crippen LogP contribution in [0.5, 0.6) is 0 Å². The van der Waals surface area contributed by atoms with Gasteiger partial charge in [0.2, 0.25) is 6.29 Å². The first kappa shape index (κ1) is 13.4. The summed E-state index contributed by atoms with van der Waals surface area (Å²) in [5, 5.41) is 27.7. The van der Waals surface area contributed by atoms with Gasteiger partial charge in [-0.15, -0.1) is 0 Å². The Morgan fingerprint density at radius 1 is 1.38 bits per heavy atom. The van der Waals surface area contributed by atoms with Crippen LogP contribution in [-0.4, -0.2) is 52.5 Å². The summed E-state index contributed by atoms with van der Waals surface area (Å²) in [5.41, 5.74) is 0. The molecule has 4 atom stereocenters. The van der Waals surface area contributed by atoms with Gasteiger partial charge in [0.15, 0.2) is 0 Å². The van der Waals surface area contributed by atoms with E-state index in [9.17, 15) is 15.0 Å². The molecule has 1 saturated heterocycles. The van der Waals surface area contributed by atoms with E-state index in [1.54, 1.807) is 0 Å². The van der Waals surface area contributed by atoms with Crippen molar-refractivity contribution in [2.75, 3.05) is 6.61 Å². The van der Waals surface area contributed by atoms with Crippen LogP contribution in [0.2, 0.25) is 0 Å². The molecule has 0 saturated carbocycles. The molecule has 0 spiro atoms. The van der Waals surface area contributed by atoms with E-state index in [-0.39, 0.29) is 6.42 Å². The number of carbonyl (C=O) groups is 1. The van der Waals surface area contributed by atoms with Crippen molar-refractivity contribution in [2.45, 2.75) is 50.8 Å². The minimum Gasteiger partial charge on any atom is -0.433 e. The Bertz CT molecular complexity index is 231. The number of esters is 1. The second-order valence-electron chi connectivity index (χ2n) is 3.80. The lowest BCUT2D eigenvalue weighted by atomic mass is 10.1. The summed E-state index contributed by atoms with van der Waals surface area (Å²) in [6, 6.07) is 0. The number of hydrogen-bond acceptors (Lipinski definition) is 6. The van der Waals surface area contributed by atoms with Gasteiger partial charge >= 0.3 is 5.97 Å². The lowest BCUT2D eigenvalue weighted by molar-refractivity contribution is -0.189. The largest absolute Gasteiger partial charge is 0.433 e. The van der Waals surface area contributed by atoms with Crippen LogP contribution in [0.4, 0.5) is 0 Å². The first-order valence-corrected chi connectivity index (χ1v) is 5.42. The molecule has 6 heteroatoms. The molecule has 1 rings (SSSR count). The maximum absolute atomic E-state index is 11.2. The van der Waals surface area contributed by atoms with Crippen LogP contribution in [0.25, 0.3) is 0 Å². The summed E-state index contributed by atoms with van der Waals surface area (Å²) in [5.74, 6) is -0.475. The third-order valence-electron chi connectivity index (χ3n) is 2.48. The standard InChI is InChI=1S/C10H18O6/c1-2-3-4-7(12)16-10-9(14)8(13)6(5-11)15-10/h6,8-11,13-14H,2-5H2,1H3/t6-,8-,9+,10?/m1/s1. The lowest BCUT2D eigenvalue weighted by Gasteiger charge is -2.15. The molecule has 0 aromatic carbocycles. The van der Waals surface area contributed by atoms with Gasteiger partial charge in [-0.05, 0) is 6.42 Å². The summed E-state index contributed by atoms with van der Waals surface area (Å²) in [4.78, 5) is 11.2. The normalized spacial score (nSPS) is 34.0. The first-order chi connectivity index (χ1) is 7.60. The van der Waals surface area contributed by atoms with Crippen LogP contribution < -0.4 is 0 Å². The molecule has 0 amide bonds. The number of carbonyl (C=O) groups excluding carboxylic acids is 1. The Labute approximate surface area is 93.8 Å². The lowest BCUT2D eigenvalue weighted by Crippen LogP contribution is -2.35. The quantitative estimate of drug-likeness (QED) is 0.537. The molecule has 0 aromatic rings. The van der Waals surface area contributed by atoms with Gasteiger partial charge in [-0.2, -0.15) is 0 Å². The monoisotopic (exact) mass is 234 g/mol. The predicted octanol–water partition coefficient (Wildman–Crippen LogP) is -0.841. The number of unbranched alkanes of at least 4 members (excludes halogenated alkanes) is 1. The zero-order valence-corrected chi connectivity index (χ0v) is 9.20. The van der Waals surface area contributed by atoms with Crippen LogP contribution in [0, 0.1) is 0 Å². The molecule has 0 aliphatic carbocycles. The molecule has 3 N–H and O–H groups in total. The average Bonchev–Trinajstić information content (AvgIpc) is 2.54. The zero-order valence-electron chi connectivity index (χ0n) is 9.20. The van der Waals surface area contributed by atoms with Crippen molar-refractivity contribution in [3.05, 3.63) is 0 Å². The molecule has 1 aliphatic rings. The molecular formula is C10H18O6. The molecule has 0 radical (unpaired) electrons. The third kappa shape index (κ3) is 3.15. The first-order valence-electron chi connectivity index (χ1n) is 5.42. The summed E-state index contributed by atoms with van der Waals surface area (Å²) >= 11 is 0. The van der Waals surface area contributed by atoms with E-state index >= 15 is 0 Å². The molecule has 1 unspecified atom stereocenters. The molecule has 94 valence electrons. The van der Waals surface area contributed by atoms with E-state index < -0.39 is 37.2 Å². The van der Waals surface area contributed by atoms with Crippen molar-refractivity contribution >= 4 is 5.97 Å². The van der Waals surface area contributed by atoms with E-state index in [2.05, 4.69) is 0 Å². The highest BCUT2D eigenvalue weighted by atomic mass is 16.7. The highest BCUT2D eigenvalue weighted by Gasteiger charge is 2.44. The van der Waals surface area contributed by atoms with Crippen molar-refractivity contribution in [2.24, 2.45) is 0 Å². The van der Waals surface area contributed by atoms with Crippen LogP contribution in [0.3, 0.4) is 0 Å². The van der Waals surface area contributed by atoms with E-state index in [4.69, 9.17) is 14.6 Å². The number of hydrogen-bond donors (Lipinski definition) is 3. The predicted molar refractivity (Wildman–Crippen MR) is 53.4 cm³/mol. The van der Waals surface area contributed by atoms with Gasteiger partial charge in [0.05, 0.1) is 6.61 Å². The van der Waals surface area contributed by atoms with Crippen molar-refractivity contribution < 1.29 is 29.6 Å². The van der Waals surface area contributed by atoms with E-state index in [0.29, 0.717) is 6.42 Å². The van der Waals surface area contributed by atoms with Crippen molar-refractivity contribution in [3.63, 3.8) is 0 Å². The Balaban J connectivity index is 2.40. The van der Waals surface area contributed by atoms with E-state index in [1.807, 2.05) is 6.92 Å². The number of aliphatic hydroxyl groups is 3. The molecule has 0 bridgehead atoms. The Hall–Kier alpha value is -0.690. The van der Waals surface area contributed by atoms with Gasteiger partial charge in [0, 0.05) is 6.42 Å². The SMILES string of the molecule is CCCCC(=O)OC1O[C@H](CO)[C@@H](O)[C@@H]1O. The highest BCUT2D eigenvalue weighted by Crippen LogP contribution is 2.22. The topological polar surface area (TPSA) is 96.2 Å². The number of ether oxygens (including phenoxy) is 2. The van der Waals surface area contributed by atoms with Gasteiger partial charge in [-0.1, -0.05) is 13.3 Å². The summed E-state index contributed by atoms with van der Waals surface area (Å²) < 4.78 is 9.84. The van der Waals surface area contributed by atoms with Gasteiger partial charge in [0.25, 0.3) is 0 Å². The second kappa shape index (κ2) is 6.15. The van der Waals surface area contributed by atoms with Gasteiger partial charge in [0.1, 0.15) is 18.3 Å². The zero-order chi connectivity index (χ0) is 12.1. The Kier molecular flexibility index (Phi) is 5.14. The molecular weight excluding hydrogens is 216 g/mol. The highest BCUT2D eigenvalue weighted by molar-refractivity contribution is 5.69. The van der Waals surface area contributed by atoms with Gasteiger partial charge in [-0.25, -0.2) is 0 Å². The maximum Gasteiger partial charge on any atom is 0.308 e. The third-order valence-corrected chi connectivity index (χ3v) is 2.48. The fraction of sp³-hybridized carbons (Fsp3) is 0.900. The summed E-state index contributed by atoms with van der Waals surface area (Å²) in [6.07, 6.45) is -2.80. The molecule has 1 heterocycles. The van der Waals surface area contributed by atoms with Crippen LogP contribution in [0.1, 0.15) is 26.2 Å². The molecule has 16 heavy (non-hydrogen) atoms. The number of rotatable bonds is 5. The second-order valence-corrected chi connectivity index (χ2v) is 3.80. The van der Waals surface area contributed by atoms with E-state index in [1.165, 1.54) is 0 Å². The molecule has 0 aromatic heterocycles. The molecule has 1 aliphatic heterocycles. The van der Waals surface area contributed by atoms with Crippen LogP contribution in [0.15, 0.2) is 0 Å². The van der Waals surface area contributed by atoms with Crippen molar-refractivity contribution in [1.82, 2.24) is 0 Å².